The van der Waals surface area contributed by atoms with Gasteiger partial charge in [-0.3, -0.25) is 14.4 Å². The van der Waals surface area contributed by atoms with Gasteiger partial charge in [0.15, 0.2) is 11.5 Å². The zero-order chi connectivity index (χ0) is 27.6. The van der Waals surface area contributed by atoms with E-state index in [9.17, 15) is 14.4 Å². The molecular weight excluding hydrogens is 502 g/mol. The Morgan fingerprint density at radius 3 is 2.50 bits per heavy atom. The number of nitrogens with one attached hydrogen (secondary N) is 2. The molecule has 2 heterocycles. The number of ether oxygens (including phenoxy) is 2. The molecule has 0 radical (unpaired) electrons. The number of thioether (sulfide) groups is 1. The fraction of sp³-hybridized carbons (Fsp3) is 0.483. The smallest absolute Gasteiger partial charge is 0.256 e. The third kappa shape index (κ3) is 5.21. The van der Waals surface area contributed by atoms with Gasteiger partial charge in [-0.2, -0.15) is 0 Å². The predicted molar refractivity (Wildman–Crippen MR) is 148 cm³/mol. The van der Waals surface area contributed by atoms with Crippen molar-refractivity contribution < 1.29 is 23.9 Å². The molecule has 1 fully saturated rings. The van der Waals surface area contributed by atoms with E-state index in [2.05, 4.69) is 10.6 Å². The molecule has 38 heavy (non-hydrogen) atoms. The highest BCUT2D eigenvalue weighted by atomic mass is 32.2. The second-order valence-corrected chi connectivity index (χ2v) is 12.1. The van der Waals surface area contributed by atoms with Crippen LogP contribution in [-0.2, 0) is 16.0 Å². The molecule has 3 amide bonds. The topological polar surface area (TPSA) is 97.0 Å². The number of amides is 3. The Balaban J connectivity index is 1.45. The van der Waals surface area contributed by atoms with Crippen molar-refractivity contribution in [2.75, 3.05) is 20.8 Å². The number of carbonyl (C=O) groups is 3. The molecule has 0 aliphatic carbocycles. The minimum Gasteiger partial charge on any atom is -0.493 e. The summed E-state index contributed by atoms with van der Waals surface area (Å²) >= 11 is 1.61. The van der Waals surface area contributed by atoms with E-state index in [1.54, 1.807) is 30.9 Å². The molecule has 0 aromatic heterocycles. The van der Waals surface area contributed by atoms with E-state index in [4.69, 9.17) is 9.47 Å². The van der Waals surface area contributed by atoms with Crippen LogP contribution in [0.1, 0.15) is 61.0 Å². The van der Waals surface area contributed by atoms with Crippen LogP contribution in [0.5, 0.6) is 11.5 Å². The van der Waals surface area contributed by atoms with Gasteiger partial charge in [-0.25, -0.2) is 0 Å². The molecule has 2 aromatic rings. The average Bonchev–Trinajstić information content (AvgIpc) is 3.34. The first-order chi connectivity index (χ1) is 18.1. The summed E-state index contributed by atoms with van der Waals surface area (Å²) in [5.41, 5.74) is 2.58. The van der Waals surface area contributed by atoms with Gasteiger partial charge >= 0.3 is 0 Å². The Hall–Kier alpha value is -3.20. The summed E-state index contributed by atoms with van der Waals surface area (Å²) in [6, 6.07) is 11.8. The molecule has 4 unspecified atom stereocenters. The van der Waals surface area contributed by atoms with Crippen LogP contribution in [-0.4, -0.2) is 60.2 Å². The monoisotopic (exact) mass is 539 g/mol. The van der Waals surface area contributed by atoms with Gasteiger partial charge in [-0.15, -0.1) is 11.8 Å². The molecule has 0 spiro atoms. The van der Waals surface area contributed by atoms with E-state index in [1.807, 2.05) is 70.2 Å². The lowest BCUT2D eigenvalue weighted by molar-refractivity contribution is -0.132. The summed E-state index contributed by atoms with van der Waals surface area (Å²) in [6.45, 7) is 8.32. The molecule has 2 aromatic carbocycles. The number of nitrogens with zero attached hydrogens (tertiary/aromatic N) is 1. The van der Waals surface area contributed by atoms with Crippen LogP contribution in [0, 0.1) is 5.92 Å². The second kappa shape index (κ2) is 11.3. The number of benzene rings is 2. The number of rotatable bonds is 10. The Morgan fingerprint density at radius 1 is 1.11 bits per heavy atom. The van der Waals surface area contributed by atoms with Crippen molar-refractivity contribution in [3.63, 3.8) is 0 Å². The van der Waals surface area contributed by atoms with Gasteiger partial charge < -0.3 is 25.0 Å². The lowest BCUT2D eigenvalue weighted by atomic mass is 9.95. The van der Waals surface area contributed by atoms with Gasteiger partial charge in [-0.05, 0) is 55.5 Å². The Labute approximate surface area is 228 Å². The van der Waals surface area contributed by atoms with Crippen molar-refractivity contribution in [3.8, 4) is 11.5 Å². The molecule has 204 valence electrons. The molecule has 9 heteroatoms. The Morgan fingerprint density at radius 2 is 1.82 bits per heavy atom. The third-order valence-corrected chi connectivity index (χ3v) is 9.03. The highest BCUT2D eigenvalue weighted by Gasteiger charge is 2.57. The van der Waals surface area contributed by atoms with Crippen LogP contribution in [0.25, 0.3) is 0 Å². The lowest BCUT2D eigenvalue weighted by Crippen LogP contribution is -2.58. The summed E-state index contributed by atoms with van der Waals surface area (Å²) in [7, 11) is 3.18. The van der Waals surface area contributed by atoms with Crippen LogP contribution >= 0.6 is 11.8 Å². The zero-order valence-corrected chi connectivity index (χ0v) is 23.7. The van der Waals surface area contributed by atoms with Crippen LogP contribution < -0.4 is 20.1 Å². The van der Waals surface area contributed by atoms with Crippen LogP contribution in [0.2, 0.25) is 0 Å². The van der Waals surface area contributed by atoms with Crippen molar-refractivity contribution in [2.45, 2.75) is 62.7 Å². The second-order valence-electron chi connectivity index (χ2n) is 10.4. The minimum absolute atomic E-state index is 0.0838. The molecule has 4 rings (SSSR count). The molecule has 0 bridgehead atoms. The maximum Gasteiger partial charge on any atom is 0.256 e. The first kappa shape index (κ1) is 27.8. The number of hydrogen-bond donors (Lipinski definition) is 2. The fourth-order valence-electron chi connectivity index (χ4n) is 5.21. The minimum atomic E-state index is -0.710. The maximum absolute atomic E-state index is 13.7. The van der Waals surface area contributed by atoms with Crippen molar-refractivity contribution in [2.24, 2.45) is 5.92 Å². The molecule has 1 saturated heterocycles. The molecule has 2 aliphatic rings. The van der Waals surface area contributed by atoms with Crippen LogP contribution in [0.4, 0.5) is 0 Å². The van der Waals surface area contributed by atoms with E-state index in [-0.39, 0.29) is 29.0 Å². The molecule has 0 saturated carbocycles. The quantitative estimate of drug-likeness (QED) is 0.475. The molecular formula is C29H37N3O5S. The van der Waals surface area contributed by atoms with Gasteiger partial charge in [0.05, 0.1) is 14.2 Å². The van der Waals surface area contributed by atoms with E-state index < -0.39 is 16.8 Å². The molecule has 4 atom stereocenters. The lowest BCUT2D eigenvalue weighted by Gasteiger charge is -2.32. The SMILES string of the molecule is CCC(C)C(NC(=O)C1N2C(=O)c3ccccc3C2SC1(C)C)C(=O)NCCc1ccc(OC)c(OC)c1. The predicted octanol–water partition coefficient (Wildman–Crippen LogP) is 3.94. The van der Waals surface area contributed by atoms with E-state index in [1.165, 1.54) is 0 Å². The summed E-state index contributed by atoms with van der Waals surface area (Å²) in [5.74, 6) is 0.531. The molecule has 2 aliphatic heterocycles. The molecule has 8 nitrogen and oxygen atoms in total. The number of hydrogen-bond acceptors (Lipinski definition) is 6. The van der Waals surface area contributed by atoms with Gasteiger partial charge in [0.25, 0.3) is 5.91 Å². The van der Waals surface area contributed by atoms with Gasteiger partial charge in [0, 0.05) is 16.9 Å². The van der Waals surface area contributed by atoms with E-state index in [0.29, 0.717) is 36.4 Å². The summed E-state index contributed by atoms with van der Waals surface area (Å²) < 4.78 is 10.1. The Bertz CT molecular complexity index is 1220. The largest absolute Gasteiger partial charge is 0.493 e. The van der Waals surface area contributed by atoms with Crippen molar-refractivity contribution in [1.82, 2.24) is 15.5 Å². The maximum atomic E-state index is 13.7. The van der Waals surface area contributed by atoms with Crippen molar-refractivity contribution >= 4 is 29.5 Å². The van der Waals surface area contributed by atoms with E-state index in [0.717, 1.165) is 11.1 Å². The summed E-state index contributed by atoms with van der Waals surface area (Å²) in [5, 5.41) is 5.79. The van der Waals surface area contributed by atoms with Crippen LogP contribution in [0.3, 0.4) is 0 Å². The number of carbonyl (C=O) groups excluding carboxylic acids is 3. The summed E-state index contributed by atoms with van der Waals surface area (Å²) in [4.78, 5) is 42.0. The highest BCUT2D eigenvalue weighted by molar-refractivity contribution is 8.01. The number of methoxy groups -OCH3 is 2. The first-order valence-corrected chi connectivity index (χ1v) is 13.9. The fourth-order valence-corrected chi connectivity index (χ4v) is 6.80. The van der Waals surface area contributed by atoms with Crippen LogP contribution in [0.15, 0.2) is 42.5 Å². The van der Waals surface area contributed by atoms with E-state index >= 15 is 0 Å². The van der Waals surface area contributed by atoms with Gasteiger partial charge in [0.2, 0.25) is 11.8 Å². The van der Waals surface area contributed by atoms with Gasteiger partial charge in [-0.1, -0.05) is 44.5 Å². The number of fused-ring (bicyclic) bond motifs is 3. The zero-order valence-electron chi connectivity index (χ0n) is 22.9. The highest BCUT2D eigenvalue weighted by Crippen LogP contribution is 2.56. The van der Waals surface area contributed by atoms with Crippen molar-refractivity contribution in [1.29, 1.82) is 0 Å². The third-order valence-electron chi connectivity index (χ3n) is 7.50. The molecule has 2 N–H and O–H groups in total. The van der Waals surface area contributed by atoms with Gasteiger partial charge in [0.1, 0.15) is 17.5 Å². The van der Waals surface area contributed by atoms with Crippen molar-refractivity contribution in [3.05, 3.63) is 59.2 Å². The first-order valence-electron chi connectivity index (χ1n) is 13.0. The summed E-state index contributed by atoms with van der Waals surface area (Å²) in [6.07, 6.45) is 1.31. The normalized spacial score (nSPS) is 20.8. The standard InChI is InChI=1S/C29H37N3O5S/c1-7-17(2)23(25(33)30-15-14-18-12-13-21(36-5)22(16-18)37-6)31-26(34)24-29(3,4)38-28-20-11-9-8-10-19(20)27(35)32(24)28/h8-13,16-17,23-24,28H,7,14-15H2,1-6H3,(H,30,33)(H,31,34). The average molecular weight is 540 g/mol. The Kier molecular flexibility index (Phi) is 8.25.